The van der Waals surface area contributed by atoms with Gasteiger partial charge in [-0.3, -0.25) is 0 Å². The predicted molar refractivity (Wildman–Crippen MR) is 74.7 cm³/mol. The Bertz CT molecular complexity index is 411. The third kappa shape index (κ3) is 2.65. The van der Waals surface area contributed by atoms with E-state index in [2.05, 4.69) is 38.8 Å². The summed E-state index contributed by atoms with van der Waals surface area (Å²) in [4.78, 5) is 7.25. The van der Waals surface area contributed by atoms with Crippen LogP contribution in [0.4, 0.5) is 5.82 Å². The molecule has 2 fully saturated rings. The summed E-state index contributed by atoms with van der Waals surface area (Å²) in [5, 5.41) is 0.896. The van der Waals surface area contributed by atoms with Gasteiger partial charge in [-0.1, -0.05) is 22.0 Å². The molecule has 92 valence electrons. The number of hydrogen-bond acceptors (Lipinski definition) is 2. The number of nitrogens with zero attached hydrogens (tertiary/aromatic N) is 2. The van der Waals surface area contributed by atoms with Gasteiger partial charge in [0.25, 0.3) is 0 Å². The Morgan fingerprint density at radius 2 is 2.12 bits per heavy atom. The molecule has 1 aromatic rings. The Hall–Kier alpha value is -0.570. The highest BCUT2D eigenvalue weighted by Crippen LogP contribution is 2.38. The number of rotatable bonds is 5. The van der Waals surface area contributed by atoms with E-state index in [-0.39, 0.29) is 0 Å². The summed E-state index contributed by atoms with van der Waals surface area (Å²) in [5.41, 5.74) is 2.60. The van der Waals surface area contributed by atoms with Crippen LogP contribution in [0, 0.1) is 12.8 Å². The van der Waals surface area contributed by atoms with E-state index in [1.54, 1.807) is 0 Å². The van der Waals surface area contributed by atoms with Crippen molar-refractivity contribution in [3.05, 3.63) is 23.4 Å². The second kappa shape index (κ2) is 4.60. The Morgan fingerprint density at radius 1 is 1.35 bits per heavy atom. The number of pyridine rings is 1. The van der Waals surface area contributed by atoms with Crippen LogP contribution in [0.5, 0.6) is 0 Å². The molecule has 3 rings (SSSR count). The SMILES string of the molecule is Cc1cc(CBr)cnc1N(CC1CC1)C1CC1. The van der Waals surface area contributed by atoms with Crippen LogP contribution in [-0.2, 0) is 5.33 Å². The standard InChI is InChI=1S/C14H19BrN2/c1-10-6-12(7-15)8-16-14(10)17(13-4-5-13)9-11-2-3-11/h6,8,11,13H,2-5,7,9H2,1H3. The first-order valence-corrected chi connectivity index (χ1v) is 7.68. The van der Waals surface area contributed by atoms with Crippen LogP contribution in [0.1, 0.15) is 36.8 Å². The fraction of sp³-hybridized carbons (Fsp3) is 0.643. The van der Waals surface area contributed by atoms with Crippen LogP contribution in [0.15, 0.2) is 12.3 Å². The average Bonchev–Trinajstić information content (AvgIpc) is 3.18. The van der Waals surface area contributed by atoms with Gasteiger partial charge in [-0.15, -0.1) is 0 Å². The summed E-state index contributed by atoms with van der Waals surface area (Å²) in [7, 11) is 0. The molecule has 17 heavy (non-hydrogen) atoms. The lowest BCUT2D eigenvalue weighted by Crippen LogP contribution is -2.29. The molecule has 2 aliphatic carbocycles. The quantitative estimate of drug-likeness (QED) is 0.771. The summed E-state index contributed by atoms with van der Waals surface area (Å²) >= 11 is 3.49. The molecule has 0 bridgehead atoms. The van der Waals surface area contributed by atoms with E-state index in [0.29, 0.717) is 0 Å². The van der Waals surface area contributed by atoms with Gasteiger partial charge in [0.05, 0.1) is 0 Å². The molecule has 1 heterocycles. The van der Waals surface area contributed by atoms with Gasteiger partial charge in [-0.25, -0.2) is 4.98 Å². The third-order valence-electron chi connectivity index (χ3n) is 3.67. The minimum absolute atomic E-state index is 0.775. The van der Waals surface area contributed by atoms with Crippen molar-refractivity contribution in [2.24, 2.45) is 5.92 Å². The van der Waals surface area contributed by atoms with Crippen LogP contribution < -0.4 is 4.90 Å². The van der Waals surface area contributed by atoms with E-state index < -0.39 is 0 Å². The third-order valence-corrected chi connectivity index (χ3v) is 4.32. The van der Waals surface area contributed by atoms with Gasteiger partial charge in [0.15, 0.2) is 0 Å². The van der Waals surface area contributed by atoms with Crippen molar-refractivity contribution >= 4 is 21.7 Å². The lowest BCUT2D eigenvalue weighted by molar-refractivity contribution is 0.706. The van der Waals surface area contributed by atoms with Crippen LogP contribution in [0.3, 0.4) is 0 Å². The lowest BCUT2D eigenvalue weighted by Gasteiger charge is -2.25. The van der Waals surface area contributed by atoms with E-state index in [9.17, 15) is 0 Å². The molecular formula is C14H19BrN2. The fourth-order valence-corrected chi connectivity index (χ4v) is 2.68. The first-order chi connectivity index (χ1) is 8.28. The van der Waals surface area contributed by atoms with Gasteiger partial charge in [0.1, 0.15) is 5.82 Å². The van der Waals surface area contributed by atoms with Crippen molar-refractivity contribution in [3.8, 4) is 0 Å². The number of aryl methyl sites for hydroxylation is 1. The van der Waals surface area contributed by atoms with E-state index in [0.717, 1.165) is 17.3 Å². The number of hydrogen-bond donors (Lipinski definition) is 0. The topological polar surface area (TPSA) is 16.1 Å². The zero-order valence-electron chi connectivity index (χ0n) is 10.3. The summed E-state index contributed by atoms with van der Waals surface area (Å²) in [6.45, 7) is 3.42. The highest BCUT2D eigenvalue weighted by Gasteiger charge is 2.34. The molecule has 0 amide bonds. The summed E-state index contributed by atoms with van der Waals surface area (Å²) in [6, 6.07) is 3.04. The molecule has 0 N–H and O–H groups in total. The maximum absolute atomic E-state index is 4.69. The monoisotopic (exact) mass is 294 g/mol. The zero-order chi connectivity index (χ0) is 11.8. The van der Waals surface area contributed by atoms with Crippen LogP contribution in [0.25, 0.3) is 0 Å². The fourth-order valence-electron chi connectivity index (χ4n) is 2.37. The van der Waals surface area contributed by atoms with E-state index in [4.69, 9.17) is 0 Å². The molecule has 0 aromatic carbocycles. The molecule has 1 aromatic heterocycles. The maximum Gasteiger partial charge on any atom is 0.131 e. The highest BCUT2D eigenvalue weighted by molar-refractivity contribution is 9.08. The molecule has 2 nitrogen and oxygen atoms in total. The van der Waals surface area contributed by atoms with E-state index >= 15 is 0 Å². The number of halogens is 1. The van der Waals surface area contributed by atoms with Crippen molar-refractivity contribution in [2.45, 2.75) is 44.0 Å². The molecule has 0 unspecified atom stereocenters. The van der Waals surface area contributed by atoms with Crippen molar-refractivity contribution < 1.29 is 0 Å². The lowest BCUT2D eigenvalue weighted by atomic mass is 10.2. The Morgan fingerprint density at radius 3 is 2.65 bits per heavy atom. The highest BCUT2D eigenvalue weighted by atomic mass is 79.9. The molecule has 3 heteroatoms. The van der Waals surface area contributed by atoms with Crippen LogP contribution in [0.2, 0.25) is 0 Å². The summed E-state index contributed by atoms with van der Waals surface area (Å²) in [5.74, 6) is 2.16. The predicted octanol–water partition coefficient (Wildman–Crippen LogP) is 3.66. The van der Waals surface area contributed by atoms with Crippen LogP contribution in [-0.4, -0.2) is 17.6 Å². The van der Waals surface area contributed by atoms with Crippen molar-refractivity contribution in [3.63, 3.8) is 0 Å². The largest absolute Gasteiger partial charge is 0.353 e. The molecule has 0 spiro atoms. The van der Waals surface area contributed by atoms with Gasteiger partial charge < -0.3 is 4.90 Å². The Kier molecular flexibility index (Phi) is 3.12. The Labute approximate surface area is 112 Å². The van der Waals surface area contributed by atoms with Crippen LogP contribution >= 0.6 is 15.9 Å². The zero-order valence-corrected chi connectivity index (χ0v) is 11.9. The summed E-state index contributed by atoms with van der Waals surface area (Å²) in [6.07, 6.45) is 7.56. The van der Waals surface area contributed by atoms with Gasteiger partial charge in [0.2, 0.25) is 0 Å². The number of alkyl halides is 1. The molecule has 2 saturated carbocycles. The molecule has 0 saturated heterocycles. The maximum atomic E-state index is 4.69. The smallest absolute Gasteiger partial charge is 0.131 e. The van der Waals surface area contributed by atoms with Gasteiger partial charge in [0, 0.05) is 24.1 Å². The van der Waals surface area contributed by atoms with Gasteiger partial charge in [-0.2, -0.15) is 0 Å². The molecule has 0 radical (unpaired) electrons. The Balaban J connectivity index is 1.83. The first kappa shape index (κ1) is 11.5. The van der Waals surface area contributed by atoms with E-state index in [1.807, 2.05) is 6.20 Å². The second-order valence-corrected chi connectivity index (χ2v) is 6.01. The van der Waals surface area contributed by atoms with Crippen molar-refractivity contribution in [1.82, 2.24) is 4.98 Å². The van der Waals surface area contributed by atoms with E-state index in [1.165, 1.54) is 49.2 Å². The average molecular weight is 295 g/mol. The normalized spacial score (nSPS) is 19.4. The molecule has 0 aliphatic heterocycles. The minimum Gasteiger partial charge on any atom is -0.353 e. The summed E-state index contributed by atoms with van der Waals surface area (Å²) < 4.78 is 0. The minimum atomic E-state index is 0.775. The number of anilines is 1. The van der Waals surface area contributed by atoms with Crippen molar-refractivity contribution in [1.29, 1.82) is 0 Å². The molecule has 0 atom stereocenters. The molecular weight excluding hydrogens is 276 g/mol. The second-order valence-electron chi connectivity index (χ2n) is 5.44. The first-order valence-electron chi connectivity index (χ1n) is 6.56. The van der Waals surface area contributed by atoms with Gasteiger partial charge >= 0.3 is 0 Å². The van der Waals surface area contributed by atoms with Gasteiger partial charge in [-0.05, 0) is 49.7 Å². The molecule has 2 aliphatic rings. The number of aromatic nitrogens is 1. The van der Waals surface area contributed by atoms with Crippen molar-refractivity contribution in [2.75, 3.05) is 11.4 Å².